The van der Waals surface area contributed by atoms with Crippen LogP contribution in [0.3, 0.4) is 0 Å². The van der Waals surface area contributed by atoms with Gasteiger partial charge in [-0.1, -0.05) is 5.16 Å². The highest BCUT2D eigenvalue weighted by Gasteiger charge is 2.29. The second kappa shape index (κ2) is 5.64. The first kappa shape index (κ1) is 13.6. The normalized spacial score (nSPS) is 18.9. The molecule has 22 heavy (non-hydrogen) atoms. The third kappa shape index (κ3) is 2.68. The van der Waals surface area contributed by atoms with Crippen molar-refractivity contribution >= 4 is 0 Å². The lowest BCUT2D eigenvalue weighted by atomic mass is 9.96. The molecule has 0 saturated carbocycles. The highest BCUT2D eigenvalue weighted by molar-refractivity contribution is 5.20. The first-order valence-electron chi connectivity index (χ1n) is 7.86. The molecule has 0 aromatic carbocycles. The zero-order valence-electron chi connectivity index (χ0n) is 12.4. The van der Waals surface area contributed by atoms with Crippen LogP contribution in [0, 0.1) is 5.92 Å². The summed E-state index contributed by atoms with van der Waals surface area (Å²) in [5.41, 5.74) is 2.31. The molecule has 0 amide bonds. The van der Waals surface area contributed by atoms with Gasteiger partial charge in [0, 0.05) is 25.1 Å². The lowest BCUT2D eigenvalue weighted by molar-refractivity contribution is 0.0657. The van der Waals surface area contributed by atoms with Crippen LogP contribution in [0.5, 0.6) is 0 Å². The molecule has 2 aromatic rings. The summed E-state index contributed by atoms with van der Waals surface area (Å²) in [5.74, 6) is 1.11. The van der Waals surface area contributed by atoms with Crippen LogP contribution < -0.4 is 5.56 Å². The molecule has 0 N–H and O–H groups in total. The van der Waals surface area contributed by atoms with Crippen molar-refractivity contribution in [2.24, 2.45) is 5.92 Å². The van der Waals surface area contributed by atoms with E-state index < -0.39 is 0 Å². The molecular weight excluding hydrogens is 282 g/mol. The van der Waals surface area contributed by atoms with Crippen molar-refractivity contribution < 1.29 is 4.52 Å². The van der Waals surface area contributed by atoms with E-state index in [9.17, 15) is 4.79 Å². The van der Waals surface area contributed by atoms with Gasteiger partial charge in [-0.3, -0.25) is 9.69 Å². The Bertz CT molecular complexity index is 703. The average Bonchev–Trinajstić information content (AvgIpc) is 2.98. The zero-order chi connectivity index (χ0) is 14.9. The van der Waals surface area contributed by atoms with Crippen molar-refractivity contribution in [3.63, 3.8) is 0 Å². The van der Waals surface area contributed by atoms with Crippen molar-refractivity contribution in [2.45, 2.75) is 38.8 Å². The summed E-state index contributed by atoms with van der Waals surface area (Å²) in [6.45, 7) is 3.26. The molecule has 0 bridgehead atoms. The minimum Gasteiger partial charge on any atom is -0.338 e. The topological polar surface area (TPSA) is 77.1 Å². The molecule has 1 saturated heterocycles. The van der Waals surface area contributed by atoms with E-state index in [2.05, 4.69) is 20.1 Å². The van der Waals surface area contributed by atoms with E-state index in [1.807, 2.05) is 0 Å². The molecule has 1 aliphatic heterocycles. The number of nitrogens with zero attached hydrogens (tertiary/aromatic N) is 5. The molecule has 0 radical (unpaired) electrons. The first-order chi connectivity index (χ1) is 10.8. The fourth-order valence-electron chi connectivity index (χ4n) is 3.35. The van der Waals surface area contributed by atoms with Gasteiger partial charge in [0.2, 0.25) is 5.89 Å². The molecule has 3 heterocycles. The number of aromatic nitrogens is 4. The maximum Gasteiger partial charge on any atom is 0.267 e. The number of fused-ring (bicyclic) bond motifs is 1. The third-order valence-corrected chi connectivity index (χ3v) is 4.50. The Kier molecular flexibility index (Phi) is 3.49. The lowest BCUT2D eigenvalue weighted by Gasteiger charge is -2.38. The number of hydrogen-bond acceptors (Lipinski definition) is 6. The molecule has 0 spiro atoms. The molecule has 0 atom stereocenters. The van der Waals surface area contributed by atoms with Crippen LogP contribution in [0.4, 0.5) is 0 Å². The largest absolute Gasteiger partial charge is 0.338 e. The van der Waals surface area contributed by atoms with Gasteiger partial charge in [0.05, 0.1) is 18.8 Å². The van der Waals surface area contributed by atoms with Crippen LogP contribution in [0.2, 0.25) is 0 Å². The molecule has 7 nitrogen and oxygen atoms in total. The number of hydrogen-bond donors (Lipinski definition) is 0. The lowest BCUT2D eigenvalue weighted by Crippen LogP contribution is -2.49. The standard InChI is InChI=1S/C15H19N5O2/c21-15-5-12-3-1-2-4-13(12)18-20(15)8-11-6-19(7-11)9-14-16-10-17-22-14/h5,10-11H,1-4,6-9H2. The molecule has 2 aliphatic rings. The fraction of sp³-hybridized carbons (Fsp3) is 0.600. The molecule has 4 rings (SSSR count). The summed E-state index contributed by atoms with van der Waals surface area (Å²) in [7, 11) is 0. The van der Waals surface area contributed by atoms with E-state index in [1.165, 1.54) is 19.2 Å². The minimum absolute atomic E-state index is 0.0380. The molecule has 7 heteroatoms. The van der Waals surface area contributed by atoms with Gasteiger partial charge < -0.3 is 4.52 Å². The van der Waals surface area contributed by atoms with Crippen molar-refractivity contribution in [2.75, 3.05) is 13.1 Å². The highest BCUT2D eigenvalue weighted by atomic mass is 16.5. The van der Waals surface area contributed by atoms with E-state index in [-0.39, 0.29) is 5.56 Å². The van der Waals surface area contributed by atoms with Crippen molar-refractivity contribution in [3.8, 4) is 0 Å². The third-order valence-electron chi connectivity index (χ3n) is 4.50. The molecule has 1 fully saturated rings. The van der Waals surface area contributed by atoms with Gasteiger partial charge in [-0.15, -0.1) is 0 Å². The smallest absolute Gasteiger partial charge is 0.267 e. The molecule has 2 aromatic heterocycles. The van der Waals surface area contributed by atoms with Gasteiger partial charge in [-0.05, 0) is 31.2 Å². The Morgan fingerprint density at radius 1 is 1.27 bits per heavy atom. The molecule has 0 unspecified atom stereocenters. The zero-order valence-corrected chi connectivity index (χ0v) is 12.4. The summed E-state index contributed by atoms with van der Waals surface area (Å²) in [4.78, 5) is 18.4. The van der Waals surface area contributed by atoms with E-state index >= 15 is 0 Å². The Balaban J connectivity index is 1.37. The maximum absolute atomic E-state index is 12.2. The number of rotatable bonds is 4. The van der Waals surface area contributed by atoms with Crippen molar-refractivity contribution in [1.29, 1.82) is 0 Å². The van der Waals surface area contributed by atoms with Crippen molar-refractivity contribution in [1.82, 2.24) is 24.8 Å². The molecule has 1 aliphatic carbocycles. The first-order valence-corrected chi connectivity index (χ1v) is 7.86. The predicted octanol–water partition coefficient (Wildman–Crippen LogP) is 0.637. The van der Waals surface area contributed by atoms with Gasteiger partial charge >= 0.3 is 0 Å². The van der Waals surface area contributed by atoms with Crippen LogP contribution >= 0.6 is 0 Å². The Morgan fingerprint density at radius 2 is 2.14 bits per heavy atom. The SMILES string of the molecule is O=c1cc2c(nn1CC1CN(Cc3ncno3)C1)CCCC2. The van der Waals surface area contributed by atoms with Crippen LogP contribution in [-0.4, -0.2) is 37.9 Å². The van der Waals surface area contributed by atoms with Crippen LogP contribution in [0.25, 0.3) is 0 Å². The Hall–Kier alpha value is -2.02. The Labute approximate surface area is 127 Å². The summed E-state index contributed by atoms with van der Waals surface area (Å²) in [5, 5.41) is 8.18. The van der Waals surface area contributed by atoms with Crippen LogP contribution in [0.1, 0.15) is 30.0 Å². The van der Waals surface area contributed by atoms with E-state index in [0.717, 1.165) is 37.2 Å². The van der Waals surface area contributed by atoms with E-state index in [4.69, 9.17) is 4.52 Å². The summed E-state index contributed by atoms with van der Waals surface area (Å²) < 4.78 is 6.66. The second-order valence-electron chi connectivity index (χ2n) is 6.24. The maximum atomic E-state index is 12.2. The molecular formula is C15H19N5O2. The van der Waals surface area contributed by atoms with Gasteiger partial charge in [-0.25, -0.2) is 4.68 Å². The van der Waals surface area contributed by atoms with E-state index in [0.29, 0.717) is 24.9 Å². The van der Waals surface area contributed by atoms with Gasteiger partial charge in [-0.2, -0.15) is 10.1 Å². The van der Waals surface area contributed by atoms with Gasteiger partial charge in [0.15, 0.2) is 6.33 Å². The Morgan fingerprint density at radius 3 is 2.95 bits per heavy atom. The highest BCUT2D eigenvalue weighted by Crippen LogP contribution is 2.20. The van der Waals surface area contributed by atoms with Gasteiger partial charge in [0.1, 0.15) is 0 Å². The van der Waals surface area contributed by atoms with Crippen LogP contribution in [0.15, 0.2) is 21.7 Å². The predicted molar refractivity (Wildman–Crippen MR) is 78.2 cm³/mol. The summed E-state index contributed by atoms with van der Waals surface area (Å²) in [6.07, 6.45) is 5.78. The average molecular weight is 301 g/mol. The minimum atomic E-state index is 0.0380. The molecule has 116 valence electrons. The van der Waals surface area contributed by atoms with E-state index in [1.54, 1.807) is 10.7 Å². The number of aryl methyl sites for hydroxylation is 2. The second-order valence-corrected chi connectivity index (χ2v) is 6.24. The fourth-order valence-corrected chi connectivity index (χ4v) is 3.35. The summed E-state index contributed by atoms with van der Waals surface area (Å²) >= 11 is 0. The quantitative estimate of drug-likeness (QED) is 0.824. The van der Waals surface area contributed by atoms with Gasteiger partial charge in [0.25, 0.3) is 5.56 Å². The summed E-state index contributed by atoms with van der Waals surface area (Å²) in [6, 6.07) is 1.79. The van der Waals surface area contributed by atoms with Crippen molar-refractivity contribution in [3.05, 3.63) is 39.9 Å². The van der Waals surface area contributed by atoms with Crippen LogP contribution in [-0.2, 0) is 25.9 Å². The monoisotopic (exact) mass is 301 g/mol. The number of likely N-dealkylation sites (tertiary alicyclic amines) is 1.